The number of rotatable bonds is 8. The van der Waals surface area contributed by atoms with Gasteiger partial charge in [0.25, 0.3) is 0 Å². The first-order chi connectivity index (χ1) is 8.97. The molecule has 1 aromatic heterocycles. The smallest absolute Gasteiger partial charge is 0.246 e. The Bertz CT molecular complexity index is 487. The molecule has 0 saturated heterocycles. The number of aryl methyl sites for hydroxylation is 1. The molecule has 0 radical (unpaired) electrons. The van der Waals surface area contributed by atoms with Crippen molar-refractivity contribution >= 4 is 21.6 Å². The Balaban J connectivity index is 2.95. The van der Waals surface area contributed by atoms with Crippen LogP contribution in [0.15, 0.2) is 17.3 Å². The quantitative estimate of drug-likeness (QED) is 0.693. The van der Waals surface area contributed by atoms with Crippen LogP contribution in [-0.4, -0.2) is 41.0 Å². The number of aromatic nitrogens is 2. The highest BCUT2D eigenvalue weighted by atomic mass is 35.5. The molecule has 1 rings (SSSR count). The summed E-state index contributed by atoms with van der Waals surface area (Å²) in [7, 11) is -3.45. The van der Waals surface area contributed by atoms with Gasteiger partial charge in [0.15, 0.2) is 0 Å². The minimum absolute atomic E-state index is 0.0128. The predicted molar refractivity (Wildman–Crippen MR) is 76.9 cm³/mol. The topological polar surface area (TPSA) is 55.2 Å². The van der Waals surface area contributed by atoms with Crippen LogP contribution in [0, 0.1) is 0 Å². The molecule has 0 spiro atoms. The van der Waals surface area contributed by atoms with E-state index in [1.54, 1.807) is 10.9 Å². The van der Waals surface area contributed by atoms with Gasteiger partial charge in [-0.05, 0) is 19.8 Å². The van der Waals surface area contributed by atoms with Gasteiger partial charge in [-0.3, -0.25) is 4.68 Å². The van der Waals surface area contributed by atoms with Crippen molar-refractivity contribution in [2.75, 3.05) is 12.4 Å². The number of halogens is 1. The second-order valence-electron chi connectivity index (χ2n) is 4.45. The van der Waals surface area contributed by atoms with E-state index in [-0.39, 0.29) is 10.9 Å². The Morgan fingerprint density at radius 3 is 2.68 bits per heavy atom. The van der Waals surface area contributed by atoms with Gasteiger partial charge in [0, 0.05) is 31.2 Å². The maximum absolute atomic E-state index is 12.5. The van der Waals surface area contributed by atoms with Crippen LogP contribution in [0.25, 0.3) is 0 Å². The Hall–Kier alpha value is -0.590. The number of hydrogen-bond donors (Lipinski definition) is 0. The standard InChI is InChI=1S/C12H22ClN3O2S/c1-4-11(3)16(5-2)19(17,18)12-9-14-15(10-12)8-6-7-13/h9-11H,4-8H2,1-3H3. The highest BCUT2D eigenvalue weighted by Crippen LogP contribution is 2.18. The molecule has 5 nitrogen and oxygen atoms in total. The van der Waals surface area contributed by atoms with Crippen molar-refractivity contribution in [2.45, 2.75) is 51.1 Å². The molecule has 0 aromatic carbocycles. The molecular weight excluding hydrogens is 286 g/mol. The molecule has 7 heteroatoms. The molecule has 110 valence electrons. The fraction of sp³-hybridized carbons (Fsp3) is 0.750. The van der Waals surface area contributed by atoms with E-state index >= 15 is 0 Å². The van der Waals surface area contributed by atoms with Crippen LogP contribution in [0.4, 0.5) is 0 Å². The molecule has 0 aliphatic carbocycles. The number of sulfonamides is 1. The van der Waals surface area contributed by atoms with Crippen LogP contribution < -0.4 is 0 Å². The van der Waals surface area contributed by atoms with E-state index in [1.807, 2.05) is 20.8 Å². The first-order valence-corrected chi connectivity index (χ1v) is 8.55. The summed E-state index contributed by atoms with van der Waals surface area (Å²) in [6.07, 6.45) is 4.54. The first-order valence-electron chi connectivity index (χ1n) is 6.57. The van der Waals surface area contributed by atoms with Crippen LogP contribution in [0.2, 0.25) is 0 Å². The van der Waals surface area contributed by atoms with Crippen molar-refractivity contribution in [3.05, 3.63) is 12.4 Å². The predicted octanol–water partition coefficient (Wildman–Crippen LogP) is 2.32. The van der Waals surface area contributed by atoms with Gasteiger partial charge >= 0.3 is 0 Å². The molecular formula is C12H22ClN3O2S. The maximum atomic E-state index is 12.5. The van der Waals surface area contributed by atoms with Crippen molar-refractivity contribution in [3.63, 3.8) is 0 Å². The molecule has 0 amide bonds. The Morgan fingerprint density at radius 2 is 2.16 bits per heavy atom. The number of nitrogens with zero attached hydrogens (tertiary/aromatic N) is 3. The summed E-state index contributed by atoms with van der Waals surface area (Å²) in [5, 5.41) is 4.07. The van der Waals surface area contributed by atoms with Gasteiger partial charge in [0.2, 0.25) is 10.0 Å². The first kappa shape index (κ1) is 16.5. The molecule has 19 heavy (non-hydrogen) atoms. The van der Waals surface area contributed by atoms with Crippen molar-refractivity contribution in [3.8, 4) is 0 Å². The van der Waals surface area contributed by atoms with Gasteiger partial charge in [-0.25, -0.2) is 8.42 Å². The normalized spacial score (nSPS) is 13.9. The molecule has 0 aliphatic heterocycles. The average molecular weight is 308 g/mol. The van der Waals surface area contributed by atoms with Crippen molar-refractivity contribution in [2.24, 2.45) is 0 Å². The lowest BCUT2D eigenvalue weighted by atomic mass is 10.3. The lowest BCUT2D eigenvalue weighted by molar-refractivity contribution is 0.342. The summed E-state index contributed by atoms with van der Waals surface area (Å²) in [4.78, 5) is 0.254. The molecule has 0 N–H and O–H groups in total. The van der Waals surface area contributed by atoms with Gasteiger partial charge in [-0.15, -0.1) is 11.6 Å². The summed E-state index contributed by atoms with van der Waals surface area (Å²) in [5.41, 5.74) is 0. The van der Waals surface area contributed by atoms with E-state index in [4.69, 9.17) is 11.6 Å². The average Bonchev–Trinajstić information content (AvgIpc) is 2.86. The van der Waals surface area contributed by atoms with E-state index in [9.17, 15) is 8.42 Å². The lowest BCUT2D eigenvalue weighted by Gasteiger charge is -2.25. The second-order valence-corrected chi connectivity index (χ2v) is 6.72. The summed E-state index contributed by atoms with van der Waals surface area (Å²) < 4.78 is 28.1. The third-order valence-electron chi connectivity index (χ3n) is 3.13. The number of alkyl halides is 1. The Morgan fingerprint density at radius 1 is 1.47 bits per heavy atom. The van der Waals surface area contributed by atoms with E-state index in [0.29, 0.717) is 19.0 Å². The highest BCUT2D eigenvalue weighted by Gasteiger charge is 2.27. The molecule has 1 atom stereocenters. The highest BCUT2D eigenvalue weighted by molar-refractivity contribution is 7.89. The monoisotopic (exact) mass is 307 g/mol. The number of hydrogen-bond acceptors (Lipinski definition) is 3. The summed E-state index contributed by atoms with van der Waals surface area (Å²) in [5.74, 6) is 0.538. The third kappa shape index (κ3) is 3.94. The van der Waals surface area contributed by atoms with Gasteiger partial charge in [0.1, 0.15) is 4.90 Å². The maximum Gasteiger partial charge on any atom is 0.246 e. The minimum Gasteiger partial charge on any atom is -0.271 e. The zero-order valence-electron chi connectivity index (χ0n) is 11.7. The molecule has 1 aromatic rings. The fourth-order valence-electron chi connectivity index (χ4n) is 1.88. The van der Waals surface area contributed by atoms with E-state index < -0.39 is 10.0 Å². The Kier molecular flexibility index (Phi) is 6.29. The van der Waals surface area contributed by atoms with Gasteiger partial charge in [0.05, 0.1) is 6.20 Å². The molecule has 0 saturated carbocycles. The van der Waals surface area contributed by atoms with Crippen LogP contribution >= 0.6 is 11.6 Å². The van der Waals surface area contributed by atoms with Crippen LogP contribution in [-0.2, 0) is 16.6 Å². The van der Waals surface area contributed by atoms with Crippen molar-refractivity contribution < 1.29 is 8.42 Å². The molecule has 0 aliphatic rings. The van der Waals surface area contributed by atoms with E-state index in [1.165, 1.54) is 10.5 Å². The zero-order chi connectivity index (χ0) is 14.5. The SMILES string of the molecule is CCC(C)N(CC)S(=O)(=O)c1cnn(CCCCl)c1. The largest absolute Gasteiger partial charge is 0.271 e. The van der Waals surface area contributed by atoms with Crippen LogP contribution in [0.5, 0.6) is 0 Å². The molecule has 0 bridgehead atoms. The zero-order valence-corrected chi connectivity index (χ0v) is 13.3. The molecule has 0 fully saturated rings. The van der Waals surface area contributed by atoms with E-state index in [2.05, 4.69) is 5.10 Å². The second kappa shape index (κ2) is 7.26. The molecule has 1 unspecified atom stereocenters. The minimum atomic E-state index is -3.45. The summed E-state index contributed by atoms with van der Waals surface area (Å²) in [6, 6.07) is -0.0128. The van der Waals surface area contributed by atoms with Gasteiger partial charge < -0.3 is 0 Å². The van der Waals surface area contributed by atoms with Crippen molar-refractivity contribution in [1.29, 1.82) is 0 Å². The van der Waals surface area contributed by atoms with Gasteiger partial charge in [-0.2, -0.15) is 9.40 Å². The van der Waals surface area contributed by atoms with Gasteiger partial charge in [-0.1, -0.05) is 13.8 Å². The fourth-order valence-corrected chi connectivity index (χ4v) is 3.67. The third-order valence-corrected chi connectivity index (χ3v) is 5.44. The molecule has 1 heterocycles. The van der Waals surface area contributed by atoms with Crippen LogP contribution in [0.3, 0.4) is 0 Å². The Labute approximate surface area is 120 Å². The summed E-state index contributed by atoms with van der Waals surface area (Å²) in [6.45, 7) is 6.84. The van der Waals surface area contributed by atoms with Crippen molar-refractivity contribution in [1.82, 2.24) is 14.1 Å². The summed E-state index contributed by atoms with van der Waals surface area (Å²) >= 11 is 5.61. The lowest BCUT2D eigenvalue weighted by Crippen LogP contribution is -2.37. The van der Waals surface area contributed by atoms with Crippen LogP contribution in [0.1, 0.15) is 33.6 Å². The van der Waals surface area contributed by atoms with E-state index in [0.717, 1.165) is 12.8 Å².